The molecule has 0 saturated carbocycles. The quantitative estimate of drug-likeness (QED) is 0.829. The smallest absolute Gasteiger partial charge is 0.0429 e. The van der Waals surface area contributed by atoms with Crippen LogP contribution in [0.3, 0.4) is 0 Å². The third kappa shape index (κ3) is 2.30. The van der Waals surface area contributed by atoms with Gasteiger partial charge in [-0.15, -0.1) is 0 Å². The number of nitrogen functional groups attached to an aromatic ring is 1. The van der Waals surface area contributed by atoms with Crippen LogP contribution in [0.5, 0.6) is 0 Å². The fourth-order valence-corrected chi connectivity index (χ4v) is 2.84. The largest absolute Gasteiger partial charge is 0.398 e. The summed E-state index contributed by atoms with van der Waals surface area (Å²) in [6, 6.07) is 13.1. The van der Waals surface area contributed by atoms with Gasteiger partial charge in [-0.2, -0.15) is 0 Å². The van der Waals surface area contributed by atoms with Crippen LogP contribution in [-0.2, 0) is 13.0 Å². The zero-order chi connectivity index (χ0) is 13.4. The van der Waals surface area contributed by atoms with Gasteiger partial charge in [-0.3, -0.25) is 0 Å². The molecule has 0 unspecified atom stereocenters. The molecule has 0 fully saturated rings. The predicted molar refractivity (Wildman–Crippen MR) is 81.5 cm³/mol. The summed E-state index contributed by atoms with van der Waals surface area (Å²) in [5.41, 5.74) is 13.6. The Balaban J connectivity index is 1.88. The molecule has 0 saturated heterocycles. The highest BCUT2D eigenvalue weighted by molar-refractivity contribution is 5.67. The van der Waals surface area contributed by atoms with E-state index in [9.17, 15) is 0 Å². The molecule has 0 spiro atoms. The van der Waals surface area contributed by atoms with E-state index in [1.165, 1.54) is 27.9 Å². The Morgan fingerprint density at radius 3 is 2.79 bits per heavy atom. The van der Waals surface area contributed by atoms with Crippen molar-refractivity contribution in [3.63, 3.8) is 0 Å². The summed E-state index contributed by atoms with van der Waals surface area (Å²) < 4.78 is 0. The van der Waals surface area contributed by atoms with Gasteiger partial charge in [0.25, 0.3) is 0 Å². The normalized spacial score (nSPS) is 13.7. The predicted octanol–water partition coefficient (Wildman–Crippen LogP) is 3.45. The first kappa shape index (κ1) is 12.1. The summed E-state index contributed by atoms with van der Waals surface area (Å²) in [7, 11) is 0. The number of aryl methyl sites for hydroxylation is 2. The molecular weight excluding hydrogens is 232 g/mol. The molecule has 2 aromatic carbocycles. The van der Waals surface area contributed by atoms with Crippen LogP contribution < -0.4 is 10.6 Å². The number of rotatable bonds is 2. The molecule has 1 aliphatic rings. The molecule has 0 radical (unpaired) electrons. The Labute approximate surface area is 114 Å². The van der Waals surface area contributed by atoms with Crippen LogP contribution in [0.2, 0.25) is 0 Å². The first-order valence-electron chi connectivity index (χ1n) is 6.83. The van der Waals surface area contributed by atoms with Crippen LogP contribution in [0.1, 0.15) is 22.3 Å². The number of hydrogen-bond donors (Lipinski definition) is 1. The molecule has 1 heterocycles. The fourth-order valence-electron chi connectivity index (χ4n) is 2.84. The Hall–Kier alpha value is -1.96. The van der Waals surface area contributed by atoms with E-state index in [-0.39, 0.29) is 0 Å². The maximum Gasteiger partial charge on any atom is 0.0429 e. The fraction of sp³-hybridized carbons (Fsp3) is 0.294. The molecule has 2 aromatic rings. The monoisotopic (exact) mass is 252 g/mol. The van der Waals surface area contributed by atoms with Gasteiger partial charge in [-0.05, 0) is 43.0 Å². The second kappa shape index (κ2) is 4.61. The summed E-state index contributed by atoms with van der Waals surface area (Å²) in [5.74, 6) is 0. The minimum Gasteiger partial charge on any atom is -0.398 e. The Morgan fingerprint density at radius 2 is 2.00 bits per heavy atom. The lowest BCUT2D eigenvalue weighted by molar-refractivity contribution is 0.835. The van der Waals surface area contributed by atoms with Gasteiger partial charge in [0, 0.05) is 24.5 Å². The molecule has 19 heavy (non-hydrogen) atoms. The number of anilines is 2. The van der Waals surface area contributed by atoms with Crippen LogP contribution in [0.15, 0.2) is 36.4 Å². The number of fused-ring (bicyclic) bond motifs is 1. The maximum absolute atomic E-state index is 6.05. The van der Waals surface area contributed by atoms with Gasteiger partial charge in [-0.25, -0.2) is 0 Å². The molecule has 0 bridgehead atoms. The van der Waals surface area contributed by atoms with Gasteiger partial charge in [0.1, 0.15) is 0 Å². The van der Waals surface area contributed by atoms with Crippen molar-refractivity contribution < 1.29 is 0 Å². The van der Waals surface area contributed by atoms with Crippen molar-refractivity contribution in [3.8, 4) is 0 Å². The third-order valence-corrected chi connectivity index (χ3v) is 3.91. The van der Waals surface area contributed by atoms with Crippen molar-refractivity contribution in [3.05, 3.63) is 58.7 Å². The number of nitrogens with zero attached hydrogens (tertiary/aromatic N) is 1. The van der Waals surface area contributed by atoms with Crippen LogP contribution in [0.4, 0.5) is 11.4 Å². The first-order valence-corrected chi connectivity index (χ1v) is 6.83. The standard InChI is InChI=1S/C17H20N2/c1-12-4-3-5-14(8-12)11-19-7-6-15-9-13(2)16(18)10-17(15)19/h3-5,8-10H,6-7,11,18H2,1-2H3. The highest BCUT2D eigenvalue weighted by Gasteiger charge is 2.20. The SMILES string of the molecule is Cc1cccc(CN2CCc3cc(C)c(N)cc32)c1. The van der Waals surface area contributed by atoms with E-state index in [0.717, 1.165) is 25.2 Å². The molecule has 98 valence electrons. The van der Waals surface area contributed by atoms with Gasteiger partial charge in [-0.1, -0.05) is 35.9 Å². The molecule has 1 aliphatic heterocycles. The summed E-state index contributed by atoms with van der Waals surface area (Å²) >= 11 is 0. The lowest BCUT2D eigenvalue weighted by Gasteiger charge is -2.20. The third-order valence-electron chi connectivity index (χ3n) is 3.91. The second-order valence-electron chi connectivity index (χ2n) is 5.50. The first-order chi connectivity index (χ1) is 9.13. The van der Waals surface area contributed by atoms with E-state index >= 15 is 0 Å². The van der Waals surface area contributed by atoms with Crippen molar-refractivity contribution in [2.75, 3.05) is 17.2 Å². The topological polar surface area (TPSA) is 29.3 Å². The molecule has 0 amide bonds. The molecule has 3 rings (SSSR count). The van der Waals surface area contributed by atoms with Crippen molar-refractivity contribution in [2.45, 2.75) is 26.8 Å². The molecule has 0 aromatic heterocycles. The van der Waals surface area contributed by atoms with Gasteiger partial charge < -0.3 is 10.6 Å². The molecule has 2 nitrogen and oxygen atoms in total. The molecular formula is C17H20N2. The summed E-state index contributed by atoms with van der Waals surface area (Å²) in [6.07, 6.45) is 1.13. The minimum atomic E-state index is 0.898. The van der Waals surface area contributed by atoms with Crippen molar-refractivity contribution in [2.24, 2.45) is 0 Å². The van der Waals surface area contributed by atoms with E-state index < -0.39 is 0 Å². The Bertz CT molecular complexity index is 617. The Morgan fingerprint density at radius 1 is 1.16 bits per heavy atom. The maximum atomic E-state index is 6.05. The summed E-state index contributed by atoms with van der Waals surface area (Å²) in [5, 5.41) is 0. The number of hydrogen-bond acceptors (Lipinski definition) is 2. The van der Waals surface area contributed by atoms with Crippen molar-refractivity contribution in [1.82, 2.24) is 0 Å². The van der Waals surface area contributed by atoms with E-state index in [4.69, 9.17) is 5.73 Å². The molecule has 0 aliphatic carbocycles. The molecule has 0 atom stereocenters. The summed E-state index contributed by atoms with van der Waals surface area (Å²) in [6.45, 7) is 6.28. The van der Waals surface area contributed by atoms with E-state index in [1.807, 2.05) is 0 Å². The lowest BCUT2D eigenvalue weighted by Crippen LogP contribution is -2.19. The zero-order valence-corrected chi connectivity index (χ0v) is 11.6. The van der Waals surface area contributed by atoms with Crippen LogP contribution in [-0.4, -0.2) is 6.54 Å². The van der Waals surface area contributed by atoms with Crippen molar-refractivity contribution >= 4 is 11.4 Å². The van der Waals surface area contributed by atoms with Crippen LogP contribution in [0, 0.1) is 13.8 Å². The van der Waals surface area contributed by atoms with Gasteiger partial charge in [0.15, 0.2) is 0 Å². The highest BCUT2D eigenvalue weighted by atomic mass is 15.1. The van der Waals surface area contributed by atoms with Gasteiger partial charge in [0.2, 0.25) is 0 Å². The van der Waals surface area contributed by atoms with Crippen LogP contribution >= 0.6 is 0 Å². The average Bonchev–Trinajstić information content (AvgIpc) is 2.73. The van der Waals surface area contributed by atoms with E-state index in [2.05, 4.69) is 55.1 Å². The number of benzene rings is 2. The van der Waals surface area contributed by atoms with Gasteiger partial charge >= 0.3 is 0 Å². The second-order valence-corrected chi connectivity index (χ2v) is 5.50. The average molecular weight is 252 g/mol. The van der Waals surface area contributed by atoms with Crippen LogP contribution in [0.25, 0.3) is 0 Å². The zero-order valence-electron chi connectivity index (χ0n) is 11.6. The molecule has 2 heteroatoms. The molecule has 2 N–H and O–H groups in total. The van der Waals surface area contributed by atoms with Crippen molar-refractivity contribution in [1.29, 1.82) is 0 Å². The minimum absolute atomic E-state index is 0.898. The highest BCUT2D eigenvalue weighted by Crippen LogP contribution is 2.33. The van der Waals surface area contributed by atoms with Gasteiger partial charge in [0.05, 0.1) is 0 Å². The number of nitrogens with two attached hydrogens (primary N) is 1. The van der Waals surface area contributed by atoms with E-state index in [1.54, 1.807) is 0 Å². The Kier molecular flexibility index (Phi) is 2.94. The van der Waals surface area contributed by atoms with E-state index in [0.29, 0.717) is 0 Å². The lowest BCUT2D eigenvalue weighted by atomic mass is 10.1. The summed E-state index contributed by atoms with van der Waals surface area (Å²) in [4.78, 5) is 2.43.